The zero-order chi connectivity index (χ0) is 18.5. The summed E-state index contributed by atoms with van der Waals surface area (Å²) in [7, 11) is 1.71. The first-order valence-electron chi connectivity index (χ1n) is 8.21. The molecule has 0 radical (unpaired) electrons. The van der Waals surface area contributed by atoms with Gasteiger partial charge >= 0.3 is 0 Å². The molecule has 2 N–H and O–H groups in total. The van der Waals surface area contributed by atoms with Crippen molar-refractivity contribution in [1.29, 1.82) is 0 Å². The van der Waals surface area contributed by atoms with Crippen LogP contribution in [0.2, 0.25) is 15.1 Å². The molecule has 0 aliphatic carbocycles. The molecule has 0 spiro atoms. The predicted octanol–water partition coefficient (Wildman–Crippen LogP) is 2.93. The molecule has 0 saturated carbocycles. The minimum Gasteiger partial charge on any atom is -0.489 e. The minimum absolute atomic E-state index is 0.363. The van der Waals surface area contributed by atoms with Crippen LogP contribution in [0, 0.1) is 0 Å². The Kier molecular flexibility index (Phi) is 6.45. The molecule has 10 heteroatoms. The number of hydrogen-bond donors (Lipinski definition) is 2. The monoisotopic (exact) mass is 416 g/mol. The number of ether oxygens (including phenoxy) is 1. The molecule has 1 aromatic carbocycles. The standard InChI is InChI=1S/C16H19Cl3N6O/c1-20-16(22-9-14-24-23-13-3-2-5-25(13)14)21-4-6-26-15-11(18)7-10(17)8-12(15)19/h7-8H,2-6,9H2,1H3,(H2,20,21,22). The van der Waals surface area contributed by atoms with Crippen molar-refractivity contribution in [2.24, 2.45) is 4.99 Å². The lowest BCUT2D eigenvalue weighted by molar-refractivity contribution is 0.322. The molecule has 0 saturated heterocycles. The van der Waals surface area contributed by atoms with E-state index in [9.17, 15) is 0 Å². The van der Waals surface area contributed by atoms with Gasteiger partial charge in [-0.3, -0.25) is 4.99 Å². The molecule has 26 heavy (non-hydrogen) atoms. The van der Waals surface area contributed by atoms with Crippen LogP contribution >= 0.6 is 34.8 Å². The number of rotatable bonds is 6. The Morgan fingerprint density at radius 2 is 2.00 bits per heavy atom. The highest BCUT2D eigenvalue weighted by molar-refractivity contribution is 6.40. The van der Waals surface area contributed by atoms with Crippen LogP contribution in [0.1, 0.15) is 18.1 Å². The van der Waals surface area contributed by atoms with Gasteiger partial charge < -0.3 is 19.9 Å². The van der Waals surface area contributed by atoms with Crippen LogP contribution in [0.15, 0.2) is 17.1 Å². The van der Waals surface area contributed by atoms with Crippen LogP contribution in [-0.2, 0) is 19.5 Å². The molecule has 1 aliphatic rings. The zero-order valence-electron chi connectivity index (χ0n) is 14.2. The average Bonchev–Trinajstić information content (AvgIpc) is 3.20. The van der Waals surface area contributed by atoms with E-state index in [1.54, 1.807) is 19.2 Å². The molecule has 0 atom stereocenters. The summed E-state index contributed by atoms with van der Waals surface area (Å²) >= 11 is 18.1. The first-order chi connectivity index (χ1) is 12.6. The molecule has 2 aromatic rings. The first kappa shape index (κ1) is 19.1. The molecule has 2 heterocycles. The molecule has 1 aliphatic heterocycles. The summed E-state index contributed by atoms with van der Waals surface area (Å²) in [6, 6.07) is 3.19. The summed E-state index contributed by atoms with van der Waals surface area (Å²) in [6.45, 7) is 2.42. The predicted molar refractivity (Wildman–Crippen MR) is 104 cm³/mol. The highest BCUT2D eigenvalue weighted by atomic mass is 35.5. The Balaban J connectivity index is 1.45. The number of benzene rings is 1. The van der Waals surface area contributed by atoms with Crippen LogP contribution < -0.4 is 15.4 Å². The van der Waals surface area contributed by atoms with Crippen LogP contribution in [0.3, 0.4) is 0 Å². The van der Waals surface area contributed by atoms with E-state index in [0.717, 1.165) is 31.0 Å². The molecular weight excluding hydrogens is 399 g/mol. The van der Waals surface area contributed by atoms with Gasteiger partial charge in [-0.2, -0.15) is 0 Å². The summed E-state index contributed by atoms with van der Waals surface area (Å²) in [5, 5.41) is 16.0. The summed E-state index contributed by atoms with van der Waals surface area (Å²) < 4.78 is 7.78. The molecule has 0 fully saturated rings. The van der Waals surface area contributed by atoms with Crippen LogP contribution in [0.25, 0.3) is 0 Å². The number of guanidine groups is 1. The maximum absolute atomic E-state index is 6.09. The molecule has 0 amide bonds. The van der Waals surface area contributed by atoms with Gasteiger partial charge in [-0.25, -0.2) is 0 Å². The van der Waals surface area contributed by atoms with Gasteiger partial charge in [0.25, 0.3) is 0 Å². The lowest BCUT2D eigenvalue weighted by Gasteiger charge is -2.13. The third-order valence-corrected chi connectivity index (χ3v) is 4.71. The van der Waals surface area contributed by atoms with Gasteiger partial charge in [-0.15, -0.1) is 10.2 Å². The van der Waals surface area contributed by atoms with Gasteiger partial charge in [0.15, 0.2) is 17.5 Å². The Morgan fingerprint density at radius 1 is 1.23 bits per heavy atom. The molecule has 0 bridgehead atoms. The van der Waals surface area contributed by atoms with E-state index in [1.807, 2.05) is 0 Å². The van der Waals surface area contributed by atoms with E-state index in [0.29, 0.717) is 46.5 Å². The summed E-state index contributed by atoms with van der Waals surface area (Å²) in [5.41, 5.74) is 0. The van der Waals surface area contributed by atoms with E-state index < -0.39 is 0 Å². The number of hydrogen-bond acceptors (Lipinski definition) is 4. The molecule has 3 rings (SSSR count). The molecule has 0 unspecified atom stereocenters. The highest BCUT2D eigenvalue weighted by Gasteiger charge is 2.17. The number of aliphatic imine (C=N–C) groups is 1. The van der Waals surface area contributed by atoms with Crippen molar-refractivity contribution < 1.29 is 4.74 Å². The van der Waals surface area contributed by atoms with E-state index in [1.165, 1.54) is 0 Å². The lowest BCUT2D eigenvalue weighted by Crippen LogP contribution is -2.39. The number of aryl methyl sites for hydroxylation is 1. The SMILES string of the molecule is CN=C(NCCOc1c(Cl)cc(Cl)cc1Cl)NCc1nnc2n1CCC2. The number of nitrogens with zero attached hydrogens (tertiary/aromatic N) is 4. The second-order valence-corrected chi connectivity index (χ2v) is 6.94. The second kappa shape index (κ2) is 8.79. The van der Waals surface area contributed by atoms with E-state index in [-0.39, 0.29) is 0 Å². The van der Waals surface area contributed by atoms with Gasteiger partial charge in [0.05, 0.1) is 23.1 Å². The third kappa shape index (κ3) is 4.52. The number of aromatic nitrogens is 3. The van der Waals surface area contributed by atoms with E-state index in [4.69, 9.17) is 39.5 Å². The van der Waals surface area contributed by atoms with Crippen LogP contribution in [0.5, 0.6) is 5.75 Å². The third-order valence-electron chi connectivity index (χ3n) is 3.93. The molecule has 140 valence electrons. The Labute approximate surface area is 166 Å². The highest BCUT2D eigenvalue weighted by Crippen LogP contribution is 2.35. The molecule has 7 nitrogen and oxygen atoms in total. The Hall–Kier alpha value is -1.70. The van der Waals surface area contributed by atoms with Crippen LogP contribution in [0.4, 0.5) is 0 Å². The van der Waals surface area contributed by atoms with Gasteiger partial charge in [0, 0.05) is 25.0 Å². The zero-order valence-corrected chi connectivity index (χ0v) is 16.5. The van der Waals surface area contributed by atoms with Crippen molar-refractivity contribution in [2.75, 3.05) is 20.2 Å². The van der Waals surface area contributed by atoms with Crippen molar-refractivity contribution in [3.8, 4) is 5.75 Å². The minimum atomic E-state index is 0.363. The topological polar surface area (TPSA) is 76.4 Å². The number of fused-ring (bicyclic) bond motifs is 1. The van der Waals surface area contributed by atoms with Crippen molar-refractivity contribution >= 4 is 40.8 Å². The van der Waals surface area contributed by atoms with Crippen LogP contribution in [-0.4, -0.2) is 40.9 Å². The largest absolute Gasteiger partial charge is 0.489 e. The van der Waals surface area contributed by atoms with Gasteiger partial charge in [-0.1, -0.05) is 34.8 Å². The maximum Gasteiger partial charge on any atom is 0.191 e. The fraction of sp³-hybridized carbons (Fsp3) is 0.438. The van der Waals surface area contributed by atoms with E-state index in [2.05, 4.69) is 30.4 Å². The van der Waals surface area contributed by atoms with Crippen molar-refractivity contribution in [2.45, 2.75) is 25.9 Å². The first-order valence-corrected chi connectivity index (χ1v) is 9.34. The van der Waals surface area contributed by atoms with Crippen molar-refractivity contribution in [1.82, 2.24) is 25.4 Å². The molecule has 1 aromatic heterocycles. The van der Waals surface area contributed by atoms with Gasteiger partial charge in [0.2, 0.25) is 0 Å². The number of halogens is 3. The normalized spacial score (nSPS) is 13.6. The second-order valence-electron chi connectivity index (χ2n) is 5.69. The number of nitrogens with one attached hydrogen (secondary N) is 2. The maximum atomic E-state index is 6.09. The molecular formula is C16H19Cl3N6O. The average molecular weight is 418 g/mol. The van der Waals surface area contributed by atoms with Gasteiger partial charge in [-0.05, 0) is 18.6 Å². The smallest absolute Gasteiger partial charge is 0.191 e. The summed E-state index contributed by atoms with van der Waals surface area (Å²) in [5.74, 6) is 3.03. The lowest BCUT2D eigenvalue weighted by atomic mass is 10.3. The Morgan fingerprint density at radius 3 is 2.73 bits per heavy atom. The fourth-order valence-corrected chi connectivity index (χ4v) is 3.64. The Bertz CT molecular complexity index is 784. The fourth-order valence-electron chi connectivity index (χ4n) is 2.71. The summed E-state index contributed by atoms with van der Waals surface area (Å²) in [4.78, 5) is 4.18. The van der Waals surface area contributed by atoms with E-state index >= 15 is 0 Å². The van der Waals surface area contributed by atoms with Crippen molar-refractivity contribution in [3.05, 3.63) is 38.8 Å². The quantitative estimate of drug-likeness (QED) is 0.429. The summed E-state index contributed by atoms with van der Waals surface area (Å²) in [6.07, 6.45) is 2.12. The van der Waals surface area contributed by atoms with Gasteiger partial charge in [0.1, 0.15) is 12.4 Å². The van der Waals surface area contributed by atoms with Crippen molar-refractivity contribution in [3.63, 3.8) is 0 Å².